The summed E-state index contributed by atoms with van der Waals surface area (Å²) in [5, 5.41) is 21.5. The highest BCUT2D eigenvalue weighted by molar-refractivity contribution is 5.76. The second-order valence-electron chi connectivity index (χ2n) is 9.27. The summed E-state index contributed by atoms with van der Waals surface area (Å²) >= 11 is 0. The van der Waals surface area contributed by atoms with E-state index in [1.54, 1.807) is 7.11 Å². The summed E-state index contributed by atoms with van der Waals surface area (Å²) in [5.41, 5.74) is 1.80. The molecule has 3 heterocycles. The van der Waals surface area contributed by atoms with Crippen LogP contribution in [0.1, 0.15) is 44.9 Å². The van der Waals surface area contributed by atoms with Crippen molar-refractivity contribution in [1.29, 1.82) is 0 Å². The molecule has 0 radical (unpaired) electrons. The van der Waals surface area contributed by atoms with Crippen molar-refractivity contribution >= 4 is 5.91 Å². The number of methoxy groups -OCH3 is 1. The molecule has 2 fully saturated rings. The third-order valence-corrected chi connectivity index (χ3v) is 6.85. The van der Waals surface area contributed by atoms with Gasteiger partial charge in [0.2, 0.25) is 5.91 Å². The molecule has 1 aromatic carbocycles. The third-order valence-electron chi connectivity index (χ3n) is 6.85. The Morgan fingerprint density at radius 1 is 1.18 bits per heavy atom. The Labute approximate surface area is 201 Å². The molecule has 4 rings (SSSR count). The summed E-state index contributed by atoms with van der Waals surface area (Å²) < 4.78 is 13.2. The van der Waals surface area contributed by atoms with Crippen molar-refractivity contribution in [3.8, 4) is 17.0 Å². The molecule has 0 spiro atoms. The van der Waals surface area contributed by atoms with Crippen molar-refractivity contribution in [3.05, 3.63) is 30.5 Å². The lowest BCUT2D eigenvalue weighted by molar-refractivity contribution is -0.129. The molecule has 2 aromatic rings. The van der Waals surface area contributed by atoms with Gasteiger partial charge in [-0.15, -0.1) is 5.10 Å². The molecular weight excluding hydrogens is 434 g/mol. The molecule has 9 nitrogen and oxygen atoms in total. The van der Waals surface area contributed by atoms with Gasteiger partial charge in [-0.3, -0.25) is 9.48 Å². The Hall–Kier alpha value is -2.49. The fourth-order valence-corrected chi connectivity index (χ4v) is 4.81. The first-order chi connectivity index (χ1) is 16.6. The number of likely N-dealkylation sites (tertiary alicyclic amines) is 1. The van der Waals surface area contributed by atoms with E-state index in [2.05, 4.69) is 20.5 Å². The molecule has 34 heavy (non-hydrogen) atoms. The molecule has 0 bridgehead atoms. The van der Waals surface area contributed by atoms with Crippen LogP contribution in [0.4, 0.5) is 0 Å². The highest BCUT2D eigenvalue weighted by atomic mass is 16.5. The average Bonchev–Trinajstić information content (AvgIpc) is 3.36. The van der Waals surface area contributed by atoms with Crippen LogP contribution in [0, 0.1) is 0 Å². The predicted molar refractivity (Wildman–Crippen MR) is 128 cm³/mol. The Kier molecular flexibility index (Phi) is 8.90. The first-order valence-corrected chi connectivity index (χ1v) is 12.5. The van der Waals surface area contributed by atoms with E-state index in [1.807, 2.05) is 35.1 Å². The Balaban J connectivity index is 1.21. The number of hydrogen-bond donors (Lipinski definition) is 2. The zero-order valence-corrected chi connectivity index (χ0v) is 20.1. The van der Waals surface area contributed by atoms with Crippen LogP contribution in [0.15, 0.2) is 30.5 Å². The fraction of sp³-hybridized carbons (Fsp3) is 0.640. The van der Waals surface area contributed by atoms with E-state index < -0.39 is 0 Å². The third kappa shape index (κ3) is 6.77. The van der Waals surface area contributed by atoms with E-state index in [4.69, 9.17) is 9.47 Å². The number of aliphatic hydroxyl groups excluding tert-OH is 1. The van der Waals surface area contributed by atoms with E-state index >= 15 is 0 Å². The number of carbonyl (C=O) groups is 1. The number of aliphatic hydroxyl groups is 1. The van der Waals surface area contributed by atoms with Gasteiger partial charge in [0.25, 0.3) is 0 Å². The first kappa shape index (κ1) is 24.6. The number of aromatic nitrogens is 3. The maximum Gasteiger partial charge on any atom is 0.221 e. The SMILES string of the molecule is COc1ccc(-c2cn(CC[C@H]3CC[C@H](NC(=O)CCN4CCCCC4)[C@@H](CO)O3)nn2)cc1. The summed E-state index contributed by atoms with van der Waals surface area (Å²) in [7, 11) is 1.65. The van der Waals surface area contributed by atoms with Gasteiger partial charge in [0, 0.05) is 25.1 Å². The van der Waals surface area contributed by atoms with Crippen molar-refractivity contribution in [3.63, 3.8) is 0 Å². The molecule has 2 N–H and O–H groups in total. The smallest absolute Gasteiger partial charge is 0.221 e. The maximum absolute atomic E-state index is 12.5. The lowest BCUT2D eigenvalue weighted by Crippen LogP contribution is -2.51. The van der Waals surface area contributed by atoms with Gasteiger partial charge in [0.1, 0.15) is 17.5 Å². The number of carbonyl (C=O) groups excluding carboxylic acids is 1. The Bertz CT molecular complexity index is 897. The van der Waals surface area contributed by atoms with Gasteiger partial charge in [-0.1, -0.05) is 11.6 Å². The van der Waals surface area contributed by atoms with Gasteiger partial charge >= 0.3 is 0 Å². The molecule has 2 saturated heterocycles. The number of rotatable bonds is 10. The number of nitrogens with zero attached hydrogens (tertiary/aromatic N) is 4. The molecule has 186 valence electrons. The largest absolute Gasteiger partial charge is 0.497 e. The number of hydrogen-bond acceptors (Lipinski definition) is 7. The molecule has 0 unspecified atom stereocenters. The second-order valence-corrected chi connectivity index (χ2v) is 9.27. The molecule has 0 aliphatic carbocycles. The van der Waals surface area contributed by atoms with Gasteiger partial charge in [-0.25, -0.2) is 0 Å². The minimum absolute atomic E-state index is 0.0206. The number of ether oxygens (including phenoxy) is 2. The molecule has 9 heteroatoms. The highest BCUT2D eigenvalue weighted by Gasteiger charge is 2.31. The number of aryl methyl sites for hydroxylation is 1. The van der Waals surface area contributed by atoms with E-state index in [0.29, 0.717) is 13.0 Å². The monoisotopic (exact) mass is 471 g/mol. The van der Waals surface area contributed by atoms with Crippen LogP contribution >= 0.6 is 0 Å². The van der Waals surface area contributed by atoms with Crippen molar-refractivity contribution in [2.75, 3.05) is 33.4 Å². The molecular formula is C25H37N5O4. The topological polar surface area (TPSA) is 102 Å². The number of amides is 1. The standard InChI is InChI=1S/C25H37N5O4/c1-33-20-7-5-19(6-8-20)23-17-30(28-27-23)16-11-21-9-10-22(24(18-31)34-21)26-25(32)12-15-29-13-3-2-4-14-29/h5-8,17,21-22,24,31H,2-4,9-16,18H2,1H3,(H,26,32)/t21-,22+,24-/m1/s1. The van der Waals surface area contributed by atoms with Gasteiger partial charge in [-0.05, 0) is 69.5 Å². The minimum Gasteiger partial charge on any atom is -0.497 e. The van der Waals surface area contributed by atoms with Gasteiger partial charge in [-0.2, -0.15) is 0 Å². The van der Waals surface area contributed by atoms with Gasteiger partial charge < -0.3 is 24.8 Å². The summed E-state index contributed by atoms with van der Waals surface area (Å²) in [6, 6.07) is 7.60. The van der Waals surface area contributed by atoms with E-state index in [1.165, 1.54) is 19.3 Å². The molecule has 1 amide bonds. The summed E-state index contributed by atoms with van der Waals surface area (Å²) in [6.45, 7) is 3.57. The fourth-order valence-electron chi connectivity index (χ4n) is 4.81. The van der Waals surface area contributed by atoms with E-state index in [-0.39, 0.29) is 30.8 Å². The first-order valence-electron chi connectivity index (χ1n) is 12.5. The molecule has 1 aromatic heterocycles. The summed E-state index contributed by atoms with van der Waals surface area (Å²) in [4.78, 5) is 14.8. The Morgan fingerprint density at radius 2 is 1.97 bits per heavy atom. The summed E-state index contributed by atoms with van der Waals surface area (Å²) in [5.74, 6) is 0.852. The van der Waals surface area contributed by atoms with Crippen molar-refractivity contribution in [2.45, 2.75) is 69.7 Å². The number of piperidine rings is 1. The number of benzene rings is 1. The van der Waals surface area contributed by atoms with Gasteiger partial charge in [0.05, 0.1) is 32.1 Å². The predicted octanol–water partition coefficient (Wildman–Crippen LogP) is 2.24. The summed E-state index contributed by atoms with van der Waals surface area (Å²) in [6.07, 6.45) is 8.25. The van der Waals surface area contributed by atoms with Crippen LogP contribution in [-0.4, -0.2) is 82.5 Å². The van der Waals surface area contributed by atoms with Crippen LogP contribution < -0.4 is 10.1 Å². The lowest BCUT2D eigenvalue weighted by Gasteiger charge is -2.36. The minimum atomic E-state index is -0.372. The Morgan fingerprint density at radius 3 is 2.71 bits per heavy atom. The number of nitrogens with one attached hydrogen (secondary N) is 1. The second kappa shape index (κ2) is 12.3. The molecule has 2 aliphatic heterocycles. The van der Waals surface area contributed by atoms with E-state index in [0.717, 1.165) is 55.9 Å². The zero-order chi connectivity index (χ0) is 23.8. The van der Waals surface area contributed by atoms with Crippen molar-refractivity contribution in [2.24, 2.45) is 0 Å². The highest BCUT2D eigenvalue weighted by Crippen LogP contribution is 2.24. The van der Waals surface area contributed by atoms with Crippen LogP contribution in [-0.2, 0) is 16.1 Å². The van der Waals surface area contributed by atoms with Crippen molar-refractivity contribution in [1.82, 2.24) is 25.2 Å². The van der Waals surface area contributed by atoms with Crippen LogP contribution in [0.25, 0.3) is 11.3 Å². The van der Waals surface area contributed by atoms with Crippen molar-refractivity contribution < 1.29 is 19.4 Å². The maximum atomic E-state index is 12.5. The van der Waals surface area contributed by atoms with E-state index in [9.17, 15) is 9.90 Å². The molecule has 0 saturated carbocycles. The normalized spacial score (nSPS) is 23.5. The zero-order valence-electron chi connectivity index (χ0n) is 20.1. The van der Waals surface area contributed by atoms with Crippen LogP contribution in [0.2, 0.25) is 0 Å². The molecule has 2 aliphatic rings. The molecule has 3 atom stereocenters. The quantitative estimate of drug-likeness (QED) is 0.548. The van der Waals surface area contributed by atoms with Crippen LogP contribution in [0.5, 0.6) is 5.75 Å². The van der Waals surface area contributed by atoms with Crippen LogP contribution in [0.3, 0.4) is 0 Å². The average molecular weight is 472 g/mol. The lowest BCUT2D eigenvalue weighted by atomic mass is 9.97. The van der Waals surface area contributed by atoms with Gasteiger partial charge in [0.15, 0.2) is 0 Å².